The van der Waals surface area contributed by atoms with E-state index in [4.69, 9.17) is 4.74 Å². The lowest BCUT2D eigenvalue weighted by Gasteiger charge is -2.25. The van der Waals surface area contributed by atoms with Gasteiger partial charge in [-0.05, 0) is 37.8 Å². The molecule has 0 radical (unpaired) electrons. The number of anilines is 1. The highest BCUT2D eigenvalue weighted by atomic mass is 16.5. The molecule has 1 saturated heterocycles. The van der Waals surface area contributed by atoms with Gasteiger partial charge < -0.3 is 9.64 Å². The molecule has 1 aliphatic heterocycles. The van der Waals surface area contributed by atoms with E-state index in [0.29, 0.717) is 19.0 Å². The third kappa shape index (κ3) is 4.04. The van der Waals surface area contributed by atoms with Crippen LogP contribution in [0.2, 0.25) is 0 Å². The average molecular weight is 355 g/mol. The zero-order valence-electron chi connectivity index (χ0n) is 15.1. The van der Waals surface area contributed by atoms with Gasteiger partial charge in [-0.25, -0.2) is 4.79 Å². The maximum Gasteiger partial charge on any atom is 0.323 e. The quantitative estimate of drug-likeness (QED) is 0.865. The minimum Gasteiger partial charge on any atom is -0.376 e. The van der Waals surface area contributed by atoms with Crippen LogP contribution in [-0.2, 0) is 18.3 Å². The summed E-state index contributed by atoms with van der Waals surface area (Å²) < 4.78 is 7.48. The first-order chi connectivity index (χ1) is 12.7. The molecule has 0 unspecified atom stereocenters. The molecule has 138 valence electrons. The molecule has 2 aromatic rings. The van der Waals surface area contributed by atoms with Crippen LogP contribution >= 0.6 is 0 Å². The Morgan fingerprint density at radius 3 is 2.96 bits per heavy atom. The van der Waals surface area contributed by atoms with Crippen LogP contribution in [-0.4, -0.2) is 45.0 Å². The van der Waals surface area contributed by atoms with E-state index in [1.165, 1.54) is 12.8 Å². The number of nitrogens with one attached hydrogen (secondary N) is 1. The second-order valence-corrected chi connectivity index (χ2v) is 7.12. The minimum atomic E-state index is -0.142. The van der Waals surface area contributed by atoms with E-state index in [1.807, 2.05) is 31.3 Å². The van der Waals surface area contributed by atoms with Crippen molar-refractivity contribution < 1.29 is 9.53 Å². The maximum atomic E-state index is 12.9. The molecule has 2 aromatic heterocycles. The average Bonchev–Trinajstić information content (AvgIpc) is 3.25. The van der Waals surface area contributed by atoms with Crippen LogP contribution in [0.3, 0.4) is 0 Å². The molecular weight excluding hydrogens is 330 g/mol. The number of hydrogen-bond donors (Lipinski definition) is 1. The van der Waals surface area contributed by atoms with Gasteiger partial charge in [-0.1, -0.05) is 6.07 Å². The van der Waals surface area contributed by atoms with Crippen molar-refractivity contribution in [3.8, 4) is 0 Å². The van der Waals surface area contributed by atoms with Crippen LogP contribution in [0.15, 0.2) is 30.5 Å². The Bertz CT molecular complexity index is 751. The summed E-state index contributed by atoms with van der Waals surface area (Å²) in [5.41, 5.74) is 1.93. The van der Waals surface area contributed by atoms with Crippen molar-refractivity contribution in [1.82, 2.24) is 19.7 Å². The molecule has 1 N–H and O–H groups in total. The molecule has 4 rings (SSSR count). The van der Waals surface area contributed by atoms with Crippen molar-refractivity contribution >= 4 is 11.8 Å². The highest BCUT2D eigenvalue weighted by Crippen LogP contribution is 2.39. The van der Waals surface area contributed by atoms with E-state index in [9.17, 15) is 4.79 Å². The van der Waals surface area contributed by atoms with E-state index in [2.05, 4.69) is 15.4 Å². The summed E-state index contributed by atoms with van der Waals surface area (Å²) in [6.07, 6.45) is 6.27. The number of urea groups is 1. The Morgan fingerprint density at radius 2 is 2.27 bits per heavy atom. The van der Waals surface area contributed by atoms with Gasteiger partial charge in [0, 0.05) is 38.4 Å². The van der Waals surface area contributed by atoms with Crippen molar-refractivity contribution in [3.05, 3.63) is 41.9 Å². The molecule has 1 saturated carbocycles. The molecule has 2 fully saturated rings. The standard InChI is InChI=1S/C19H25N5O2/c1-23-18(11-17(22-23)14-7-8-14)21-19(25)24(13-16-6-4-10-26-16)12-15-5-2-3-9-20-15/h2-3,5,9,11,14,16H,4,6-8,10,12-13H2,1H3,(H,21,25)/t16-/m0/s1. The van der Waals surface area contributed by atoms with Gasteiger partial charge in [0.05, 0.1) is 24.0 Å². The molecule has 0 spiro atoms. The summed E-state index contributed by atoms with van der Waals surface area (Å²) in [5, 5.41) is 7.53. The van der Waals surface area contributed by atoms with E-state index in [-0.39, 0.29) is 12.1 Å². The van der Waals surface area contributed by atoms with Crippen LogP contribution in [0.1, 0.15) is 43.0 Å². The number of aromatic nitrogens is 3. The second-order valence-electron chi connectivity index (χ2n) is 7.12. The van der Waals surface area contributed by atoms with E-state index in [1.54, 1.807) is 15.8 Å². The zero-order valence-corrected chi connectivity index (χ0v) is 15.1. The molecule has 0 bridgehead atoms. The number of nitrogens with zero attached hydrogens (tertiary/aromatic N) is 4. The molecule has 2 amide bonds. The second kappa shape index (κ2) is 7.45. The molecule has 26 heavy (non-hydrogen) atoms. The van der Waals surface area contributed by atoms with Gasteiger partial charge in [0.15, 0.2) is 0 Å². The summed E-state index contributed by atoms with van der Waals surface area (Å²) in [6, 6.07) is 7.60. The lowest BCUT2D eigenvalue weighted by molar-refractivity contribution is 0.0816. The summed E-state index contributed by atoms with van der Waals surface area (Å²) in [5.74, 6) is 1.29. The Kier molecular flexibility index (Phi) is 4.88. The molecular formula is C19H25N5O2. The molecule has 7 nitrogen and oxygen atoms in total. The first kappa shape index (κ1) is 17.0. The third-order valence-electron chi connectivity index (χ3n) is 4.94. The largest absolute Gasteiger partial charge is 0.376 e. The molecule has 1 atom stereocenters. The van der Waals surface area contributed by atoms with Crippen LogP contribution in [0.25, 0.3) is 0 Å². The lowest BCUT2D eigenvalue weighted by Crippen LogP contribution is -2.40. The molecule has 0 aromatic carbocycles. The summed E-state index contributed by atoms with van der Waals surface area (Å²) in [4.78, 5) is 19.1. The number of ether oxygens (including phenoxy) is 1. The Morgan fingerprint density at radius 1 is 1.38 bits per heavy atom. The van der Waals surface area contributed by atoms with Gasteiger partial charge in [0.2, 0.25) is 0 Å². The van der Waals surface area contributed by atoms with Gasteiger partial charge in [-0.15, -0.1) is 0 Å². The fourth-order valence-electron chi connectivity index (χ4n) is 3.31. The van der Waals surface area contributed by atoms with Gasteiger partial charge in [-0.3, -0.25) is 15.0 Å². The normalized spacial score (nSPS) is 19.5. The fourth-order valence-corrected chi connectivity index (χ4v) is 3.31. The van der Waals surface area contributed by atoms with E-state index in [0.717, 1.165) is 36.7 Å². The number of pyridine rings is 1. The van der Waals surface area contributed by atoms with Crippen LogP contribution in [0, 0.1) is 0 Å². The van der Waals surface area contributed by atoms with Gasteiger partial charge in [0.1, 0.15) is 5.82 Å². The predicted molar refractivity (Wildman–Crippen MR) is 97.8 cm³/mol. The van der Waals surface area contributed by atoms with E-state index >= 15 is 0 Å². The van der Waals surface area contributed by atoms with Crippen LogP contribution in [0.4, 0.5) is 10.6 Å². The first-order valence-corrected chi connectivity index (χ1v) is 9.30. The van der Waals surface area contributed by atoms with Gasteiger partial charge in [0.25, 0.3) is 0 Å². The topological polar surface area (TPSA) is 72.3 Å². The van der Waals surface area contributed by atoms with Crippen LogP contribution < -0.4 is 5.32 Å². The Hall–Kier alpha value is -2.41. The summed E-state index contributed by atoms with van der Waals surface area (Å²) in [6.45, 7) is 1.80. The monoisotopic (exact) mass is 355 g/mol. The van der Waals surface area contributed by atoms with Crippen molar-refractivity contribution in [2.45, 2.75) is 44.2 Å². The molecule has 2 aliphatic rings. The number of carbonyl (C=O) groups is 1. The lowest BCUT2D eigenvalue weighted by atomic mass is 10.2. The third-order valence-corrected chi connectivity index (χ3v) is 4.94. The zero-order chi connectivity index (χ0) is 17.9. The van der Waals surface area contributed by atoms with Crippen molar-refractivity contribution in [2.75, 3.05) is 18.5 Å². The summed E-state index contributed by atoms with van der Waals surface area (Å²) in [7, 11) is 1.87. The first-order valence-electron chi connectivity index (χ1n) is 9.30. The number of amides is 2. The highest BCUT2D eigenvalue weighted by molar-refractivity contribution is 5.88. The molecule has 7 heteroatoms. The van der Waals surface area contributed by atoms with Crippen molar-refractivity contribution in [2.24, 2.45) is 7.05 Å². The number of carbonyl (C=O) groups excluding carboxylic acids is 1. The van der Waals surface area contributed by atoms with Gasteiger partial charge in [-0.2, -0.15) is 5.10 Å². The number of hydrogen-bond acceptors (Lipinski definition) is 4. The SMILES string of the molecule is Cn1nc(C2CC2)cc1NC(=O)N(Cc1ccccn1)C[C@@H]1CCCO1. The highest BCUT2D eigenvalue weighted by Gasteiger charge is 2.28. The minimum absolute atomic E-state index is 0.0954. The Balaban J connectivity index is 1.47. The van der Waals surface area contributed by atoms with Crippen molar-refractivity contribution in [3.63, 3.8) is 0 Å². The molecule has 1 aliphatic carbocycles. The van der Waals surface area contributed by atoms with Gasteiger partial charge >= 0.3 is 6.03 Å². The number of aryl methyl sites for hydroxylation is 1. The number of rotatable bonds is 6. The molecule has 3 heterocycles. The predicted octanol–water partition coefficient (Wildman–Crippen LogP) is 2.91. The van der Waals surface area contributed by atoms with E-state index < -0.39 is 0 Å². The fraction of sp³-hybridized carbons (Fsp3) is 0.526. The Labute approximate surface area is 153 Å². The maximum absolute atomic E-state index is 12.9. The van der Waals surface area contributed by atoms with Crippen molar-refractivity contribution in [1.29, 1.82) is 0 Å². The van der Waals surface area contributed by atoms with Crippen LogP contribution in [0.5, 0.6) is 0 Å². The summed E-state index contributed by atoms with van der Waals surface area (Å²) >= 11 is 0. The smallest absolute Gasteiger partial charge is 0.323 e.